The topological polar surface area (TPSA) is 23.6 Å². The van der Waals surface area contributed by atoms with E-state index in [-0.39, 0.29) is 11.5 Å². The second-order valence-electron chi connectivity index (χ2n) is 6.64. The van der Waals surface area contributed by atoms with Crippen molar-refractivity contribution in [3.63, 3.8) is 0 Å². The maximum absolute atomic E-state index is 13.7. The number of halogens is 2. The highest BCUT2D eigenvalue weighted by Crippen LogP contribution is 2.36. The molecule has 3 rings (SSSR count). The number of likely N-dealkylation sites (tertiary alicyclic amines) is 1. The van der Waals surface area contributed by atoms with Gasteiger partial charge in [-0.1, -0.05) is 24.8 Å². The van der Waals surface area contributed by atoms with Gasteiger partial charge in [-0.15, -0.1) is 0 Å². The second-order valence-corrected chi connectivity index (χ2v) is 6.64. The summed E-state index contributed by atoms with van der Waals surface area (Å²) in [7, 11) is 0. The molecule has 1 aromatic rings. The zero-order valence-electron chi connectivity index (χ0n) is 13.4. The van der Waals surface area contributed by atoms with Crippen LogP contribution in [0.1, 0.15) is 30.0 Å². The third-order valence-corrected chi connectivity index (χ3v) is 4.81. The molecule has 1 atom stereocenters. The number of alkyl halides is 2. The summed E-state index contributed by atoms with van der Waals surface area (Å²) in [5, 5.41) is 0. The summed E-state index contributed by atoms with van der Waals surface area (Å²) in [6.07, 6.45) is 2.31. The summed E-state index contributed by atoms with van der Waals surface area (Å²) in [6, 6.07) is 5.18. The number of carbonyl (C=O) groups is 1. The van der Waals surface area contributed by atoms with Crippen LogP contribution in [0.4, 0.5) is 8.78 Å². The first-order chi connectivity index (χ1) is 10.9. The van der Waals surface area contributed by atoms with E-state index in [1.54, 1.807) is 6.07 Å². The molecule has 3 nitrogen and oxygen atoms in total. The van der Waals surface area contributed by atoms with Gasteiger partial charge in [-0.25, -0.2) is 8.78 Å². The van der Waals surface area contributed by atoms with Crippen LogP contribution in [0.15, 0.2) is 30.9 Å². The van der Waals surface area contributed by atoms with E-state index >= 15 is 0 Å². The monoisotopic (exact) mass is 320 g/mol. The summed E-state index contributed by atoms with van der Waals surface area (Å²) in [5.74, 6) is -2.43. The van der Waals surface area contributed by atoms with E-state index in [0.29, 0.717) is 19.0 Å². The molecule has 0 aromatic heterocycles. The van der Waals surface area contributed by atoms with E-state index in [9.17, 15) is 13.6 Å². The quantitative estimate of drug-likeness (QED) is 0.796. The maximum Gasteiger partial charge on any atom is 0.270 e. The summed E-state index contributed by atoms with van der Waals surface area (Å²) < 4.78 is 27.5. The summed E-state index contributed by atoms with van der Waals surface area (Å²) in [6.45, 7) is 8.09. The average Bonchev–Trinajstić information content (AvgIpc) is 3.11. The standard InChI is InChI=1S/C18H22F2N2O/c1-3-17(23)22-8-7-13(10-22)9-21-11-14-5-4-6-16(15(14)12-21)18(2,19)20/h3-6,13H,1,7-12H2,2H3. The molecular formula is C18H22F2N2O. The Morgan fingerprint density at radius 1 is 1.43 bits per heavy atom. The fourth-order valence-corrected chi connectivity index (χ4v) is 3.71. The molecule has 23 heavy (non-hydrogen) atoms. The van der Waals surface area contributed by atoms with Gasteiger partial charge >= 0.3 is 0 Å². The predicted octanol–water partition coefficient (Wildman–Crippen LogP) is 3.15. The third-order valence-electron chi connectivity index (χ3n) is 4.81. The minimum atomic E-state index is -2.80. The van der Waals surface area contributed by atoms with Crippen LogP contribution in [-0.2, 0) is 23.8 Å². The van der Waals surface area contributed by atoms with Gasteiger partial charge in [-0.2, -0.15) is 0 Å². The molecule has 2 aliphatic rings. The molecule has 124 valence electrons. The number of hydrogen-bond donors (Lipinski definition) is 0. The molecule has 0 bridgehead atoms. The van der Waals surface area contributed by atoms with Crippen molar-refractivity contribution in [1.82, 2.24) is 9.80 Å². The highest BCUT2D eigenvalue weighted by molar-refractivity contribution is 5.87. The van der Waals surface area contributed by atoms with Crippen LogP contribution in [0.2, 0.25) is 0 Å². The SMILES string of the molecule is C=CC(=O)N1CCC(CN2Cc3cccc(C(C)(F)F)c3C2)C1. The lowest BCUT2D eigenvalue weighted by atomic mass is 9.99. The molecule has 2 aliphatic heterocycles. The third kappa shape index (κ3) is 3.29. The van der Waals surface area contributed by atoms with E-state index in [4.69, 9.17) is 0 Å². The Balaban J connectivity index is 1.65. The van der Waals surface area contributed by atoms with Crippen molar-refractivity contribution in [2.24, 2.45) is 5.92 Å². The molecule has 0 aliphatic carbocycles. The molecule has 0 N–H and O–H groups in total. The molecule has 0 spiro atoms. The molecule has 2 heterocycles. The molecule has 5 heteroatoms. The Hall–Kier alpha value is -1.75. The van der Waals surface area contributed by atoms with Crippen LogP contribution >= 0.6 is 0 Å². The van der Waals surface area contributed by atoms with Crippen molar-refractivity contribution in [2.45, 2.75) is 32.4 Å². The number of carbonyl (C=O) groups excluding carboxylic acids is 1. The maximum atomic E-state index is 13.7. The van der Waals surface area contributed by atoms with E-state index in [1.165, 1.54) is 12.1 Å². The van der Waals surface area contributed by atoms with Crippen molar-refractivity contribution in [1.29, 1.82) is 0 Å². The molecular weight excluding hydrogens is 298 g/mol. The lowest BCUT2D eigenvalue weighted by molar-refractivity contribution is -0.125. The predicted molar refractivity (Wildman–Crippen MR) is 85.0 cm³/mol. The van der Waals surface area contributed by atoms with Crippen LogP contribution in [0.3, 0.4) is 0 Å². The van der Waals surface area contributed by atoms with Crippen LogP contribution in [0.5, 0.6) is 0 Å². The van der Waals surface area contributed by atoms with Gasteiger partial charge in [-0.3, -0.25) is 9.69 Å². The van der Waals surface area contributed by atoms with Crippen molar-refractivity contribution in [3.8, 4) is 0 Å². The normalized spacial score (nSPS) is 21.5. The highest BCUT2D eigenvalue weighted by atomic mass is 19.3. The molecule has 1 amide bonds. The fraction of sp³-hybridized carbons (Fsp3) is 0.500. The van der Waals surface area contributed by atoms with Crippen molar-refractivity contribution in [3.05, 3.63) is 47.5 Å². The highest BCUT2D eigenvalue weighted by Gasteiger charge is 2.33. The first kappa shape index (κ1) is 16.1. The largest absolute Gasteiger partial charge is 0.339 e. The summed E-state index contributed by atoms with van der Waals surface area (Å²) in [5.41, 5.74) is 1.92. The number of fused-ring (bicyclic) bond motifs is 1. The summed E-state index contributed by atoms with van der Waals surface area (Å²) >= 11 is 0. The van der Waals surface area contributed by atoms with Crippen molar-refractivity contribution in [2.75, 3.05) is 19.6 Å². The molecule has 0 saturated carbocycles. The van der Waals surface area contributed by atoms with Gasteiger partial charge in [0.2, 0.25) is 5.91 Å². The van der Waals surface area contributed by atoms with E-state index < -0.39 is 5.92 Å². The number of amides is 1. The van der Waals surface area contributed by atoms with Gasteiger partial charge < -0.3 is 4.90 Å². The Labute approximate surface area is 135 Å². The van der Waals surface area contributed by atoms with Crippen LogP contribution in [-0.4, -0.2) is 35.3 Å². The average molecular weight is 320 g/mol. The van der Waals surface area contributed by atoms with Crippen molar-refractivity contribution >= 4 is 5.91 Å². The minimum absolute atomic E-state index is 0.0230. The van der Waals surface area contributed by atoms with Crippen LogP contribution in [0.25, 0.3) is 0 Å². The Kier molecular flexibility index (Phi) is 4.23. The molecule has 1 unspecified atom stereocenters. The smallest absolute Gasteiger partial charge is 0.270 e. The molecule has 1 saturated heterocycles. The van der Waals surface area contributed by atoms with E-state index in [0.717, 1.165) is 44.1 Å². The van der Waals surface area contributed by atoms with Gasteiger partial charge in [0, 0.05) is 45.2 Å². The number of hydrogen-bond acceptors (Lipinski definition) is 2. The molecule has 1 aromatic carbocycles. The zero-order chi connectivity index (χ0) is 16.6. The van der Waals surface area contributed by atoms with Gasteiger partial charge in [0.05, 0.1) is 0 Å². The molecule has 0 radical (unpaired) electrons. The van der Waals surface area contributed by atoms with Crippen molar-refractivity contribution < 1.29 is 13.6 Å². The van der Waals surface area contributed by atoms with Gasteiger partial charge in [0.15, 0.2) is 0 Å². The Bertz CT molecular complexity index is 624. The first-order valence-electron chi connectivity index (χ1n) is 8.01. The van der Waals surface area contributed by atoms with E-state index in [2.05, 4.69) is 11.5 Å². The van der Waals surface area contributed by atoms with Gasteiger partial charge in [-0.05, 0) is 29.5 Å². The van der Waals surface area contributed by atoms with Gasteiger partial charge in [0.1, 0.15) is 0 Å². The lowest BCUT2D eigenvalue weighted by Crippen LogP contribution is -2.30. The zero-order valence-corrected chi connectivity index (χ0v) is 13.4. The Morgan fingerprint density at radius 3 is 2.91 bits per heavy atom. The van der Waals surface area contributed by atoms with Crippen LogP contribution in [0, 0.1) is 5.92 Å². The van der Waals surface area contributed by atoms with Crippen LogP contribution < -0.4 is 0 Å². The lowest BCUT2D eigenvalue weighted by Gasteiger charge is -2.20. The van der Waals surface area contributed by atoms with E-state index in [1.807, 2.05) is 11.0 Å². The number of rotatable bonds is 4. The molecule has 1 fully saturated rings. The fourth-order valence-electron chi connectivity index (χ4n) is 3.71. The first-order valence-corrected chi connectivity index (χ1v) is 8.01. The Morgan fingerprint density at radius 2 is 2.22 bits per heavy atom. The second kappa shape index (κ2) is 6.04. The minimum Gasteiger partial charge on any atom is -0.339 e. The number of benzene rings is 1. The summed E-state index contributed by atoms with van der Waals surface area (Å²) in [4.78, 5) is 15.7. The number of nitrogens with zero attached hydrogens (tertiary/aromatic N) is 2. The van der Waals surface area contributed by atoms with Gasteiger partial charge in [0.25, 0.3) is 5.92 Å².